The Morgan fingerprint density at radius 2 is 2.07 bits per heavy atom. The molecule has 0 unspecified atom stereocenters. The van der Waals surface area contributed by atoms with Crippen molar-refractivity contribution in [2.75, 3.05) is 10.7 Å². The number of nitrogens with one attached hydrogen (secondary N) is 2. The molecule has 0 radical (unpaired) electrons. The number of aromatic nitrogens is 2. The first-order chi connectivity index (χ1) is 6.42. The molecular weight excluding hydrogens is 185 g/mol. The molecule has 1 aromatic rings. The van der Waals surface area contributed by atoms with Gasteiger partial charge in [0, 0.05) is 5.54 Å². The number of hydrogen-bond donors (Lipinski definition) is 3. The molecule has 5 nitrogen and oxygen atoms in total. The molecule has 1 aromatic heterocycles. The highest BCUT2D eigenvalue weighted by Gasteiger charge is 2.14. The van der Waals surface area contributed by atoms with Gasteiger partial charge in [0.1, 0.15) is 0 Å². The standard InChI is InChI=1S/C8H14FN5/c1-8(2,3)13-6-5(9)4-11-7(12-6)14-10/h4H,10H2,1-3H3,(H2,11,12,13,14). The van der Waals surface area contributed by atoms with Crippen LogP contribution in [0.2, 0.25) is 0 Å². The van der Waals surface area contributed by atoms with Gasteiger partial charge in [0.25, 0.3) is 0 Å². The van der Waals surface area contributed by atoms with Crippen molar-refractivity contribution in [1.82, 2.24) is 9.97 Å². The SMILES string of the molecule is CC(C)(C)Nc1nc(NN)ncc1F. The molecule has 78 valence electrons. The Morgan fingerprint density at radius 1 is 1.43 bits per heavy atom. The molecular formula is C8H14FN5. The Bertz CT molecular complexity index is 320. The van der Waals surface area contributed by atoms with E-state index >= 15 is 0 Å². The molecule has 0 aliphatic rings. The summed E-state index contributed by atoms with van der Waals surface area (Å²) in [5, 5.41) is 2.90. The highest BCUT2D eigenvalue weighted by atomic mass is 19.1. The summed E-state index contributed by atoms with van der Waals surface area (Å²) in [6.45, 7) is 5.72. The van der Waals surface area contributed by atoms with Crippen LogP contribution < -0.4 is 16.6 Å². The van der Waals surface area contributed by atoms with Gasteiger partial charge in [0.2, 0.25) is 5.95 Å². The molecule has 6 heteroatoms. The fourth-order valence-electron chi connectivity index (χ4n) is 0.880. The second-order valence-corrected chi connectivity index (χ2v) is 3.91. The van der Waals surface area contributed by atoms with E-state index in [0.717, 1.165) is 6.20 Å². The molecule has 0 bridgehead atoms. The smallest absolute Gasteiger partial charge is 0.239 e. The van der Waals surface area contributed by atoms with Crippen molar-refractivity contribution < 1.29 is 4.39 Å². The number of hydrazine groups is 1. The molecule has 0 fully saturated rings. The second-order valence-electron chi connectivity index (χ2n) is 3.91. The van der Waals surface area contributed by atoms with Crippen LogP contribution in [0.5, 0.6) is 0 Å². The number of hydrogen-bond acceptors (Lipinski definition) is 5. The Hall–Kier alpha value is -1.43. The molecule has 0 aliphatic heterocycles. The predicted octanol–water partition coefficient (Wildman–Crippen LogP) is 1.11. The summed E-state index contributed by atoms with van der Waals surface area (Å²) >= 11 is 0. The summed E-state index contributed by atoms with van der Waals surface area (Å²) in [6, 6.07) is 0. The van der Waals surface area contributed by atoms with Crippen molar-refractivity contribution in [3.05, 3.63) is 12.0 Å². The molecule has 0 spiro atoms. The molecule has 0 aliphatic carbocycles. The Labute approximate surface area is 81.9 Å². The zero-order chi connectivity index (χ0) is 10.8. The van der Waals surface area contributed by atoms with E-state index < -0.39 is 5.82 Å². The van der Waals surface area contributed by atoms with E-state index in [4.69, 9.17) is 5.84 Å². The van der Waals surface area contributed by atoms with E-state index in [-0.39, 0.29) is 17.3 Å². The third-order valence-electron chi connectivity index (χ3n) is 1.37. The minimum atomic E-state index is -0.501. The largest absolute Gasteiger partial charge is 0.363 e. The highest BCUT2D eigenvalue weighted by molar-refractivity contribution is 5.42. The lowest BCUT2D eigenvalue weighted by molar-refractivity contribution is 0.586. The lowest BCUT2D eigenvalue weighted by Gasteiger charge is -2.21. The Balaban J connectivity index is 2.95. The van der Waals surface area contributed by atoms with Gasteiger partial charge in [-0.25, -0.2) is 15.2 Å². The first-order valence-corrected chi connectivity index (χ1v) is 4.20. The van der Waals surface area contributed by atoms with Crippen molar-refractivity contribution in [3.63, 3.8) is 0 Å². The number of nitrogen functional groups attached to an aromatic ring is 1. The molecule has 0 aromatic carbocycles. The lowest BCUT2D eigenvalue weighted by atomic mass is 10.1. The third kappa shape index (κ3) is 2.81. The maximum absolute atomic E-state index is 13.2. The first kappa shape index (κ1) is 10.6. The number of nitrogens with two attached hydrogens (primary N) is 1. The monoisotopic (exact) mass is 199 g/mol. The zero-order valence-corrected chi connectivity index (χ0v) is 8.43. The Kier molecular flexibility index (Phi) is 2.85. The minimum Gasteiger partial charge on any atom is -0.363 e. The summed E-state index contributed by atoms with van der Waals surface area (Å²) in [6.07, 6.45) is 1.07. The van der Waals surface area contributed by atoms with Gasteiger partial charge in [-0.05, 0) is 20.8 Å². The topological polar surface area (TPSA) is 75.9 Å². The van der Waals surface area contributed by atoms with Crippen LogP contribution >= 0.6 is 0 Å². The van der Waals surface area contributed by atoms with E-state index in [1.807, 2.05) is 20.8 Å². The average molecular weight is 199 g/mol. The first-order valence-electron chi connectivity index (χ1n) is 4.20. The van der Waals surface area contributed by atoms with Gasteiger partial charge in [0.15, 0.2) is 11.6 Å². The van der Waals surface area contributed by atoms with Gasteiger partial charge in [0.05, 0.1) is 6.20 Å². The van der Waals surface area contributed by atoms with Gasteiger partial charge in [-0.1, -0.05) is 0 Å². The quantitative estimate of drug-likeness (QED) is 0.491. The van der Waals surface area contributed by atoms with Crippen molar-refractivity contribution in [2.45, 2.75) is 26.3 Å². The molecule has 0 saturated carbocycles. The van der Waals surface area contributed by atoms with Gasteiger partial charge >= 0.3 is 0 Å². The molecule has 0 atom stereocenters. The lowest BCUT2D eigenvalue weighted by Crippen LogP contribution is -2.27. The van der Waals surface area contributed by atoms with E-state index in [1.54, 1.807) is 0 Å². The van der Waals surface area contributed by atoms with Crippen molar-refractivity contribution in [1.29, 1.82) is 0 Å². The van der Waals surface area contributed by atoms with Crippen LogP contribution in [0.4, 0.5) is 16.2 Å². The van der Waals surface area contributed by atoms with Gasteiger partial charge in [-0.2, -0.15) is 4.98 Å². The predicted molar refractivity (Wildman–Crippen MR) is 53.2 cm³/mol. The van der Waals surface area contributed by atoms with E-state index in [2.05, 4.69) is 20.7 Å². The van der Waals surface area contributed by atoms with Crippen molar-refractivity contribution in [3.8, 4) is 0 Å². The molecule has 1 heterocycles. The molecule has 14 heavy (non-hydrogen) atoms. The average Bonchev–Trinajstić information content (AvgIpc) is 2.06. The van der Waals surface area contributed by atoms with E-state index in [0.29, 0.717) is 0 Å². The third-order valence-corrected chi connectivity index (χ3v) is 1.37. The normalized spacial score (nSPS) is 11.2. The molecule has 0 saturated heterocycles. The van der Waals surface area contributed by atoms with Gasteiger partial charge in [-0.3, -0.25) is 5.43 Å². The van der Waals surface area contributed by atoms with Gasteiger partial charge in [-0.15, -0.1) is 0 Å². The van der Waals surface area contributed by atoms with Crippen molar-refractivity contribution in [2.24, 2.45) is 5.84 Å². The summed E-state index contributed by atoms with van der Waals surface area (Å²) in [7, 11) is 0. The highest BCUT2D eigenvalue weighted by Crippen LogP contribution is 2.16. The van der Waals surface area contributed by atoms with Crippen LogP contribution in [0.3, 0.4) is 0 Å². The van der Waals surface area contributed by atoms with Crippen LogP contribution in [-0.4, -0.2) is 15.5 Å². The summed E-state index contributed by atoms with van der Waals surface area (Å²) < 4.78 is 13.2. The molecule has 4 N–H and O–H groups in total. The van der Waals surface area contributed by atoms with E-state index in [9.17, 15) is 4.39 Å². The van der Waals surface area contributed by atoms with Crippen molar-refractivity contribution >= 4 is 11.8 Å². The van der Waals surface area contributed by atoms with Crippen LogP contribution in [-0.2, 0) is 0 Å². The molecule has 0 amide bonds. The van der Waals surface area contributed by atoms with Crippen LogP contribution in [0.25, 0.3) is 0 Å². The summed E-state index contributed by atoms with van der Waals surface area (Å²) in [5.74, 6) is 4.92. The number of rotatable bonds is 2. The van der Waals surface area contributed by atoms with E-state index in [1.165, 1.54) is 0 Å². The van der Waals surface area contributed by atoms with Crippen LogP contribution in [0.15, 0.2) is 6.20 Å². The minimum absolute atomic E-state index is 0.139. The van der Waals surface area contributed by atoms with Gasteiger partial charge < -0.3 is 5.32 Å². The zero-order valence-electron chi connectivity index (χ0n) is 8.43. The maximum Gasteiger partial charge on any atom is 0.239 e. The number of nitrogens with zero attached hydrogens (tertiary/aromatic N) is 2. The fraction of sp³-hybridized carbons (Fsp3) is 0.500. The number of halogens is 1. The number of anilines is 2. The Morgan fingerprint density at radius 3 is 2.57 bits per heavy atom. The fourth-order valence-corrected chi connectivity index (χ4v) is 0.880. The van der Waals surface area contributed by atoms with Crippen LogP contribution in [0.1, 0.15) is 20.8 Å². The molecule has 1 rings (SSSR count). The summed E-state index contributed by atoms with van der Waals surface area (Å²) in [5.41, 5.74) is 1.99. The maximum atomic E-state index is 13.2. The summed E-state index contributed by atoms with van der Waals surface area (Å²) in [4.78, 5) is 7.47. The second kappa shape index (κ2) is 3.75. The van der Waals surface area contributed by atoms with Crippen LogP contribution in [0, 0.1) is 5.82 Å².